The van der Waals surface area contributed by atoms with Gasteiger partial charge in [0.1, 0.15) is 11.6 Å². The molecule has 2 aromatic carbocycles. The van der Waals surface area contributed by atoms with Crippen molar-refractivity contribution in [1.29, 1.82) is 5.26 Å². The van der Waals surface area contributed by atoms with Gasteiger partial charge in [-0.3, -0.25) is 4.79 Å². The summed E-state index contributed by atoms with van der Waals surface area (Å²) in [6, 6.07) is 14.1. The molecule has 0 aliphatic rings. The Hall–Kier alpha value is -2.97. The van der Waals surface area contributed by atoms with Crippen LogP contribution in [0, 0.1) is 18.3 Å². The number of nitriles is 1. The van der Waals surface area contributed by atoms with Crippen LogP contribution in [0.15, 0.2) is 54.2 Å². The van der Waals surface area contributed by atoms with Crippen molar-refractivity contribution in [2.24, 2.45) is 0 Å². The molecule has 116 valence electrons. The van der Waals surface area contributed by atoms with Gasteiger partial charge in [0, 0.05) is 6.20 Å². The zero-order chi connectivity index (χ0) is 16.8. The second-order valence-corrected chi connectivity index (χ2v) is 5.25. The van der Waals surface area contributed by atoms with Gasteiger partial charge in [0.05, 0.1) is 22.1 Å². The summed E-state index contributed by atoms with van der Waals surface area (Å²) in [5, 5.41) is 15.0. The predicted molar refractivity (Wildman–Crippen MR) is 93.0 cm³/mol. The number of rotatable bonds is 4. The number of hydrogen-bond donors (Lipinski definition) is 3. The molecule has 0 radical (unpaired) electrons. The fourth-order valence-electron chi connectivity index (χ4n) is 1.85. The molecule has 0 saturated heterocycles. The average Bonchev–Trinajstić information content (AvgIpc) is 2.53. The molecule has 23 heavy (non-hydrogen) atoms. The molecule has 0 fully saturated rings. The summed E-state index contributed by atoms with van der Waals surface area (Å²) in [7, 11) is 0. The second-order valence-electron chi connectivity index (χ2n) is 4.84. The third kappa shape index (κ3) is 4.25. The molecule has 0 aliphatic carbocycles. The summed E-state index contributed by atoms with van der Waals surface area (Å²) in [5.41, 5.74) is 8.35. The first-order chi connectivity index (χ1) is 11.0. The Morgan fingerprint density at radius 2 is 2.00 bits per heavy atom. The van der Waals surface area contributed by atoms with Gasteiger partial charge in [0.15, 0.2) is 0 Å². The van der Waals surface area contributed by atoms with Crippen molar-refractivity contribution in [3.8, 4) is 6.07 Å². The van der Waals surface area contributed by atoms with Crippen LogP contribution in [0.1, 0.15) is 5.56 Å². The number of nitrogens with zero attached hydrogens (tertiary/aromatic N) is 1. The van der Waals surface area contributed by atoms with Crippen molar-refractivity contribution in [3.05, 3.63) is 64.8 Å². The van der Waals surface area contributed by atoms with E-state index in [1.807, 2.05) is 25.1 Å². The van der Waals surface area contributed by atoms with Crippen LogP contribution in [0.2, 0.25) is 5.02 Å². The monoisotopic (exact) mass is 326 g/mol. The van der Waals surface area contributed by atoms with Gasteiger partial charge in [-0.1, -0.05) is 29.8 Å². The molecule has 5 nitrogen and oxygen atoms in total. The lowest BCUT2D eigenvalue weighted by Gasteiger charge is -2.08. The summed E-state index contributed by atoms with van der Waals surface area (Å²) in [5.74, 6) is -0.556. The normalized spacial score (nSPS) is 10.7. The number of halogens is 1. The molecular weight excluding hydrogens is 312 g/mol. The molecule has 0 aliphatic heterocycles. The van der Waals surface area contributed by atoms with E-state index in [2.05, 4.69) is 10.6 Å². The van der Waals surface area contributed by atoms with E-state index in [0.717, 1.165) is 5.56 Å². The first-order valence-electron chi connectivity index (χ1n) is 6.80. The molecule has 0 spiro atoms. The number of carbonyl (C=O) groups is 1. The Labute approximate surface area is 139 Å². The Bertz CT molecular complexity index is 808. The summed E-state index contributed by atoms with van der Waals surface area (Å²) in [4.78, 5) is 12.1. The van der Waals surface area contributed by atoms with Gasteiger partial charge in [-0.2, -0.15) is 5.26 Å². The molecule has 2 rings (SSSR count). The van der Waals surface area contributed by atoms with E-state index in [0.29, 0.717) is 22.1 Å². The number of nitrogens with two attached hydrogens (primary N) is 1. The lowest BCUT2D eigenvalue weighted by atomic mass is 10.2. The minimum Gasteiger partial charge on any atom is -0.397 e. The van der Waals surface area contributed by atoms with E-state index < -0.39 is 5.91 Å². The molecule has 0 atom stereocenters. The average molecular weight is 327 g/mol. The molecule has 2 aromatic rings. The number of nitrogen functional groups attached to an aromatic ring is 1. The third-order valence-electron chi connectivity index (χ3n) is 3.07. The maximum Gasteiger partial charge on any atom is 0.267 e. The van der Waals surface area contributed by atoms with Gasteiger partial charge < -0.3 is 16.4 Å². The van der Waals surface area contributed by atoms with Crippen LogP contribution >= 0.6 is 11.6 Å². The Morgan fingerprint density at radius 1 is 1.26 bits per heavy atom. The quantitative estimate of drug-likeness (QED) is 0.454. The van der Waals surface area contributed by atoms with E-state index in [9.17, 15) is 4.79 Å². The fourth-order valence-corrected chi connectivity index (χ4v) is 2.03. The standard InChI is InChI=1S/C17H15ClN4O/c1-11-6-7-14(20)16(8-11)21-10-12(9-19)17(23)22-15-5-3-2-4-13(15)18/h2-8,10,21H,20H2,1H3,(H,22,23)/b12-10-. The predicted octanol–water partition coefficient (Wildman–Crippen LogP) is 3.69. The lowest BCUT2D eigenvalue weighted by molar-refractivity contribution is -0.112. The fraction of sp³-hybridized carbons (Fsp3) is 0.0588. The summed E-state index contributed by atoms with van der Waals surface area (Å²) < 4.78 is 0. The Morgan fingerprint density at radius 3 is 2.70 bits per heavy atom. The van der Waals surface area contributed by atoms with Crippen molar-refractivity contribution in [2.75, 3.05) is 16.4 Å². The topological polar surface area (TPSA) is 90.9 Å². The second kappa shape index (κ2) is 7.34. The summed E-state index contributed by atoms with van der Waals surface area (Å²) in [6.45, 7) is 1.92. The number of para-hydroxylation sites is 1. The summed E-state index contributed by atoms with van der Waals surface area (Å²) >= 11 is 5.98. The highest BCUT2D eigenvalue weighted by Gasteiger charge is 2.11. The SMILES string of the molecule is Cc1ccc(N)c(N/C=C(/C#N)C(=O)Nc2ccccc2Cl)c1. The number of nitrogens with one attached hydrogen (secondary N) is 2. The van der Waals surface area contributed by atoms with E-state index in [-0.39, 0.29) is 5.57 Å². The molecule has 6 heteroatoms. The number of benzene rings is 2. The molecular formula is C17H15ClN4O. The van der Waals surface area contributed by atoms with Gasteiger partial charge >= 0.3 is 0 Å². The Kier molecular flexibility index (Phi) is 5.23. The van der Waals surface area contributed by atoms with E-state index in [4.69, 9.17) is 22.6 Å². The van der Waals surface area contributed by atoms with E-state index >= 15 is 0 Å². The minimum absolute atomic E-state index is 0.0918. The largest absolute Gasteiger partial charge is 0.397 e. The number of anilines is 3. The minimum atomic E-state index is -0.556. The van der Waals surface area contributed by atoms with Crippen LogP contribution in [0.25, 0.3) is 0 Å². The molecule has 0 bridgehead atoms. The highest BCUT2D eigenvalue weighted by Crippen LogP contribution is 2.22. The lowest BCUT2D eigenvalue weighted by Crippen LogP contribution is -2.15. The smallest absolute Gasteiger partial charge is 0.267 e. The van der Waals surface area contributed by atoms with E-state index in [1.165, 1.54) is 6.20 Å². The van der Waals surface area contributed by atoms with Crippen LogP contribution in [0.3, 0.4) is 0 Å². The van der Waals surface area contributed by atoms with E-state index in [1.54, 1.807) is 30.3 Å². The van der Waals surface area contributed by atoms with Crippen LogP contribution in [0.5, 0.6) is 0 Å². The number of aryl methyl sites for hydroxylation is 1. The van der Waals surface area contributed by atoms with Crippen molar-refractivity contribution in [2.45, 2.75) is 6.92 Å². The molecule has 0 aromatic heterocycles. The van der Waals surface area contributed by atoms with Gasteiger partial charge in [0.2, 0.25) is 0 Å². The summed E-state index contributed by atoms with van der Waals surface area (Å²) in [6.07, 6.45) is 1.32. The maximum absolute atomic E-state index is 12.1. The molecule has 0 heterocycles. The van der Waals surface area contributed by atoms with Crippen molar-refractivity contribution in [3.63, 3.8) is 0 Å². The molecule has 0 unspecified atom stereocenters. The number of amides is 1. The van der Waals surface area contributed by atoms with Crippen LogP contribution in [-0.4, -0.2) is 5.91 Å². The van der Waals surface area contributed by atoms with Crippen LogP contribution in [0.4, 0.5) is 17.1 Å². The van der Waals surface area contributed by atoms with Crippen molar-refractivity contribution >= 4 is 34.6 Å². The zero-order valence-corrected chi connectivity index (χ0v) is 13.2. The third-order valence-corrected chi connectivity index (χ3v) is 3.40. The number of hydrogen-bond acceptors (Lipinski definition) is 4. The molecule has 0 saturated carbocycles. The Balaban J connectivity index is 2.16. The molecule has 4 N–H and O–H groups in total. The zero-order valence-electron chi connectivity index (χ0n) is 12.4. The van der Waals surface area contributed by atoms with Crippen LogP contribution < -0.4 is 16.4 Å². The number of carbonyl (C=O) groups excluding carboxylic acids is 1. The first kappa shape index (κ1) is 16.4. The van der Waals surface area contributed by atoms with Gasteiger partial charge in [-0.05, 0) is 36.8 Å². The highest BCUT2D eigenvalue weighted by atomic mass is 35.5. The highest BCUT2D eigenvalue weighted by molar-refractivity contribution is 6.33. The van der Waals surface area contributed by atoms with Gasteiger partial charge in [-0.15, -0.1) is 0 Å². The molecule has 1 amide bonds. The van der Waals surface area contributed by atoms with Gasteiger partial charge in [0.25, 0.3) is 5.91 Å². The van der Waals surface area contributed by atoms with Crippen molar-refractivity contribution < 1.29 is 4.79 Å². The first-order valence-corrected chi connectivity index (χ1v) is 7.18. The van der Waals surface area contributed by atoms with Crippen LogP contribution in [-0.2, 0) is 4.79 Å². The maximum atomic E-state index is 12.1. The van der Waals surface area contributed by atoms with Gasteiger partial charge in [-0.25, -0.2) is 0 Å². The van der Waals surface area contributed by atoms with Crippen molar-refractivity contribution in [1.82, 2.24) is 0 Å².